The van der Waals surface area contributed by atoms with Crippen molar-refractivity contribution in [3.63, 3.8) is 0 Å². The summed E-state index contributed by atoms with van der Waals surface area (Å²) in [7, 11) is 0. The van der Waals surface area contributed by atoms with E-state index in [1.165, 1.54) is 30.0 Å². The third-order valence-electron chi connectivity index (χ3n) is 2.50. The van der Waals surface area contributed by atoms with Gasteiger partial charge in [0.05, 0.1) is 4.90 Å². The van der Waals surface area contributed by atoms with Gasteiger partial charge in [0.2, 0.25) is 0 Å². The van der Waals surface area contributed by atoms with E-state index in [4.69, 9.17) is 5.73 Å². The summed E-state index contributed by atoms with van der Waals surface area (Å²) in [5.41, 5.74) is 6.39. The van der Waals surface area contributed by atoms with E-state index in [0.29, 0.717) is 17.9 Å². The molecule has 0 heterocycles. The lowest BCUT2D eigenvalue weighted by Crippen LogP contribution is -2.04. The molecule has 2 rings (SSSR count). The molecular formula is C14H13F2NS. The molecule has 0 aromatic heterocycles. The van der Waals surface area contributed by atoms with E-state index < -0.39 is 0 Å². The molecule has 0 aliphatic heterocycles. The van der Waals surface area contributed by atoms with Crippen molar-refractivity contribution in [2.45, 2.75) is 16.2 Å². The molecular weight excluding hydrogens is 252 g/mol. The molecule has 2 aromatic carbocycles. The molecule has 0 aliphatic rings. The Morgan fingerprint density at radius 1 is 1.00 bits per heavy atom. The molecule has 0 spiro atoms. The number of rotatable bonds is 4. The minimum absolute atomic E-state index is 0.268. The lowest BCUT2D eigenvalue weighted by atomic mass is 10.1. The Hall–Kier alpha value is -1.39. The monoisotopic (exact) mass is 265 g/mol. The lowest BCUT2D eigenvalue weighted by Gasteiger charge is -2.09. The highest BCUT2D eigenvalue weighted by molar-refractivity contribution is 7.99. The number of halogens is 2. The molecule has 1 nitrogen and oxygen atoms in total. The number of hydrogen-bond acceptors (Lipinski definition) is 2. The largest absolute Gasteiger partial charge is 0.330 e. The smallest absolute Gasteiger partial charge is 0.137 e. The zero-order valence-electron chi connectivity index (χ0n) is 9.70. The first-order valence-electron chi connectivity index (χ1n) is 5.61. The second kappa shape index (κ2) is 5.98. The first-order chi connectivity index (χ1) is 8.70. The van der Waals surface area contributed by atoms with E-state index in [-0.39, 0.29) is 11.6 Å². The van der Waals surface area contributed by atoms with Gasteiger partial charge in [-0.05, 0) is 48.9 Å². The Morgan fingerprint density at radius 2 is 1.72 bits per heavy atom. The Morgan fingerprint density at radius 3 is 2.39 bits per heavy atom. The van der Waals surface area contributed by atoms with E-state index in [1.807, 2.05) is 6.07 Å². The van der Waals surface area contributed by atoms with Crippen molar-refractivity contribution in [1.82, 2.24) is 0 Å². The van der Waals surface area contributed by atoms with Gasteiger partial charge in [-0.15, -0.1) is 0 Å². The number of hydrogen-bond donors (Lipinski definition) is 1. The second-order valence-corrected chi connectivity index (χ2v) is 4.91. The van der Waals surface area contributed by atoms with Gasteiger partial charge < -0.3 is 5.73 Å². The quantitative estimate of drug-likeness (QED) is 0.913. The SMILES string of the molecule is NCCc1cccc(F)c1Sc1ccc(F)cc1. The maximum Gasteiger partial charge on any atom is 0.137 e. The number of nitrogens with two attached hydrogens (primary N) is 1. The van der Waals surface area contributed by atoms with Crippen molar-refractivity contribution >= 4 is 11.8 Å². The standard InChI is InChI=1S/C14H13F2NS/c15-11-4-6-12(7-5-11)18-14-10(8-9-17)2-1-3-13(14)16/h1-7H,8-9,17H2. The van der Waals surface area contributed by atoms with E-state index in [9.17, 15) is 8.78 Å². The van der Waals surface area contributed by atoms with Crippen LogP contribution in [0.5, 0.6) is 0 Å². The summed E-state index contributed by atoms with van der Waals surface area (Å²) >= 11 is 1.29. The van der Waals surface area contributed by atoms with E-state index in [1.54, 1.807) is 18.2 Å². The first-order valence-corrected chi connectivity index (χ1v) is 6.43. The van der Waals surface area contributed by atoms with Crippen LogP contribution in [0.3, 0.4) is 0 Å². The summed E-state index contributed by atoms with van der Waals surface area (Å²) in [6.45, 7) is 0.473. The molecule has 2 aromatic rings. The zero-order chi connectivity index (χ0) is 13.0. The predicted octanol–water partition coefficient (Wildman–Crippen LogP) is 3.62. The minimum Gasteiger partial charge on any atom is -0.330 e. The summed E-state index contributed by atoms with van der Waals surface area (Å²) in [6.07, 6.45) is 0.626. The van der Waals surface area contributed by atoms with Crippen molar-refractivity contribution in [3.8, 4) is 0 Å². The highest BCUT2D eigenvalue weighted by Gasteiger charge is 2.09. The van der Waals surface area contributed by atoms with Gasteiger partial charge in [0, 0.05) is 4.90 Å². The zero-order valence-corrected chi connectivity index (χ0v) is 10.5. The normalized spacial score (nSPS) is 10.6. The summed E-state index contributed by atoms with van der Waals surface area (Å²) in [6, 6.07) is 11.0. The van der Waals surface area contributed by atoms with Crippen LogP contribution in [0.1, 0.15) is 5.56 Å². The molecule has 0 radical (unpaired) electrons. The lowest BCUT2D eigenvalue weighted by molar-refractivity contribution is 0.597. The van der Waals surface area contributed by atoms with Gasteiger partial charge in [0.25, 0.3) is 0 Å². The van der Waals surface area contributed by atoms with Gasteiger partial charge in [0.15, 0.2) is 0 Å². The topological polar surface area (TPSA) is 26.0 Å². The fourth-order valence-corrected chi connectivity index (χ4v) is 2.62. The molecule has 0 atom stereocenters. The summed E-state index contributed by atoms with van der Waals surface area (Å²) in [4.78, 5) is 1.37. The second-order valence-electron chi connectivity index (χ2n) is 3.82. The van der Waals surface area contributed by atoms with Gasteiger partial charge in [-0.25, -0.2) is 8.78 Å². The third-order valence-corrected chi connectivity index (χ3v) is 3.66. The maximum absolute atomic E-state index is 13.8. The molecule has 4 heteroatoms. The van der Waals surface area contributed by atoms with Crippen LogP contribution >= 0.6 is 11.8 Å². The maximum atomic E-state index is 13.8. The van der Waals surface area contributed by atoms with Crippen LogP contribution in [0.2, 0.25) is 0 Å². The number of benzene rings is 2. The van der Waals surface area contributed by atoms with Crippen molar-refractivity contribution in [1.29, 1.82) is 0 Å². The Kier molecular flexibility index (Phi) is 4.33. The van der Waals surface area contributed by atoms with Crippen LogP contribution in [0.25, 0.3) is 0 Å². The van der Waals surface area contributed by atoms with Gasteiger partial charge in [-0.1, -0.05) is 23.9 Å². The third kappa shape index (κ3) is 3.09. The highest BCUT2D eigenvalue weighted by Crippen LogP contribution is 2.32. The van der Waals surface area contributed by atoms with Gasteiger partial charge in [-0.2, -0.15) is 0 Å². The predicted molar refractivity (Wildman–Crippen MR) is 69.7 cm³/mol. The van der Waals surface area contributed by atoms with Gasteiger partial charge in [-0.3, -0.25) is 0 Å². The van der Waals surface area contributed by atoms with Gasteiger partial charge in [0.1, 0.15) is 11.6 Å². The summed E-state index contributed by atoms with van der Waals surface area (Å²) < 4.78 is 26.6. The Balaban J connectivity index is 2.30. The van der Waals surface area contributed by atoms with Crippen LogP contribution < -0.4 is 5.73 Å². The van der Waals surface area contributed by atoms with Gasteiger partial charge >= 0.3 is 0 Å². The van der Waals surface area contributed by atoms with Crippen molar-refractivity contribution in [3.05, 3.63) is 59.7 Å². The molecule has 0 fully saturated rings. The van der Waals surface area contributed by atoms with Crippen LogP contribution in [-0.2, 0) is 6.42 Å². The van der Waals surface area contributed by atoms with Crippen LogP contribution in [0.4, 0.5) is 8.78 Å². The average molecular weight is 265 g/mol. The Labute approximate surface area is 109 Å². The van der Waals surface area contributed by atoms with Crippen LogP contribution in [-0.4, -0.2) is 6.54 Å². The first kappa shape index (κ1) is 13.1. The van der Waals surface area contributed by atoms with Crippen molar-refractivity contribution in [2.24, 2.45) is 5.73 Å². The highest BCUT2D eigenvalue weighted by atomic mass is 32.2. The molecule has 18 heavy (non-hydrogen) atoms. The fraction of sp³-hybridized carbons (Fsp3) is 0.143. The molecule has 0 amide bonds. The molecule has 0 saturated carbocycles. The summed E-state index contributed by atoms with van der Waals surface area (Å²) in [5, 5.41) is 0. The van der Waals surface area contributed by atoms with Crippen molar-refractivity contribution < 1.29 is 8.78 Å². The minimum atomic E-state index is -0.296. The molecule has 0 aliphatic carbocycles. The van der Waals surface area contributed by atoms with E-state index >= 15 is 0 Å². The van der Waals surface area contributed by atoms with E-state index in [0.717, 1.165) is 10.5 Å². The van der Waals surface area contributed by atoms with Crippen LogP contribution in [0, 0.1) is 11.6 Å². The molecule has 0 saturated heterocycles. The van der Waals surface area contributed by atoms with E-state index in [2.05, 4.69) is 0 Å². The fourth-order valence-electron chi connectivity index (χ4n) is 1.64. The molecule has 0 unspecified atom stereocenters. The van der Waals surface area contributed by atoms with Crippen molar-refractivity contribution in [2.75, 3.05) is 6.54 Å². The summed E-state index contributed by atoms with van der Waals surface area (Å²) in [5.74, 6) is -0.564. The van der Waals surface area contributed by atoms with Crippen LogP contribution in [0.15, 0.2) is 52.3 Å². The average Bonchev–Trinajstić information content (AvgIpc) is 2.36. The Bertz CT molecular complexity index is 526. The molecule has 94 valence electrons. The molecule has 0 bridgehead atoms. The molecule has 2 N–H and O–H groups in total.